The zero-order chi connectivity index (χ0) is 13.0. The van der Waals surface area contributed by atoms with Crippen molar-refractivity contribution in [1.29, 1.82) is 0 Å². The number of rotatable bonds is 4. The largest absolute Gasteiger partial charge is 0.271 e. The Balaban J connectivity index is 2.17. The summed E-state index contributed by atoms with van der Waals surface area (Å²) < 4.78 is 1.09. The molecule has 4 heteroatoms. The molecular weight excluding hydrogens is 290 g/mol. The third-order valence-electron chi connectivity index (χ3n) is 2.88. The Bertz CT molecular complexity index is 511. The highest BCUT2D eigenvalue weighted by molar-refractivity contribution is 9.10. The summed E-state index contributed by atoms with van der Waals surface area (Å²) in [6.45, 7) is 1.98. The summed E-state index contributed by atoms with van der Waals surface area (Å²) in [5.41, 5.74) is 6.28. The lowest BCUT2D eigenvalue weighted by molar-refractivity contribution is 0.551. The van der Waals surface area contributed by atoms with Gasteiger partial charge in [0.25, 0.3) is 0 Å². The van der Waals surface area contributed by atoms with Crippen molar-refractivity contribution in [2.45, 2.75) is 19.4 Å². The van der Waals surface area contributed by atoms with E-state index in [0.717, 1.165) is 22.2 Å². The van der Waals surface area contributed by atoms with E-state index in [0.29, 0.717) is 0 Å². The van der Waals surface area contributed by atoms with Crippen molar-refractivity contribution in [2.24, 2.45) is 5.84 Å². The molecule has 1 aromatic carbocycles. The van der Waals surface area contributed by atoms with E-state index in [9.17, 15) is 0 Å². The number of hydrogen-bond donors (Lipinski definition) is 2. The molecule has 1 atom stereocenters. The molecule has 94 valence electrons. The predicted octanol–water partition coefficient (Wildman–Crippen LogP) is 2.90. The van der Waals surface area contributed by atoms with E-state index in [1.807, 2.05) is 31.3 Å². The molecule has 1 unspecified atom stereocenters. The number of pyridine rings is 1. The van der Waals surface area contributed by atoms with Crippen LogP contribution < -0.4 is 11.3 Å². The molecule has 0 aliphatic heterocycles. The van der Waals surface area contributed by atoms with Gasteiger partial charge in [-0.3, -0.25) is 16.3 Å². The molecule has 0 saturated heterocycles. The normalized spacial score (nSPS) is 12.4. The Morgan fingerprint density at radius 2 is 2.00 bits per heavy atom. The topological polar surface area (TPSA) is 50.9 Å². The smallest absolute Gasteiger partial charge is 0.0501 e. The molecule has 3 nitrogen and oxygen atoms in total. The first-order valence-corrected chi connectivity index (χ1v) is 6.61. The maximum Gasteiger partial charge on any atom is 0.0501 e. The van der Waals surface area contributed by atoms with Gasteiger partial charge in [-0.05, 0) is 48.7 Å². The van der Waals surface area contributed by atoms with Crippen LogP contribution in [0.3, 0.4) is 0 Å². The van der Waals surface area contributed by atoms with Crippen molar-refractivity contribution in [3.8, 4) is 0 Å². The van der Waals surface area contributed by atoms with Crippen LogP contribution in [0.1, 0.15) is 22.9 Å². The third-order valence-corrected chi connectivity index (χ3v) is 3.41. The first-order valence-electron chi connectivity index (χ1n) is 5.82. The minimum absolute atomic E-state index is 0.105. The fourth-order valence-corrected chi connectivity index (χ4v) is 2.18. The van der Waals surface area contributed by atoms with Crippen molar-refractivity contribution in [3.05, 3.63) is 63.9 Å². The maximum absolute atomic E-state index is 5.65. The number of halogens is 1. The number of nitrogens with zero attached hydrogens (tertiary/aromatic N) is 1. The summed E-state index contributed by atoms with van der Waals surface area (Å²) in [6, 6.07) is 12.4. The van der Waals surface area contributed by atoms with Gasteiger partial charge in [0, 0.05) is 16.4 Å². The molecule has 18 heavy (non-hydrogen) atoms. The lowest BCUT2D eigenvalue weighted by Gasteiger charge is -2.16. The lowest BCUT2D eigenvalue weighted by Crippen LogP contribution is -2.29. The van der Waals surface area contributed by atoms with Gasteiger partial charge >= 0.3 is 0 Å². The Hall–Kier alpha value is -1.23. The van der Waals surface area contributed by atoms with Crippen LogP contribution in [-0.2, 0) is 6.42 Å². The highest BCUT2D eigenvalue weighted by atomic mass is 79.9. The number of hydrazine groups is 1. The van der Waals surface area contributed by atoms with Crippen LogP contribution in [0, 0.1) is 6.92 Å². The summed E-state index contributed by atoms with van der Waals surface area (Å²) in [5.74, 6) is 5.65. The molecule has 0 fully saturated rings. The van der Waals surface area contributed by atoms with Gasteiger partial charge in [-0.25, -0.2) is 0 Å². The van der Waals surface area contributed by atoms with Crippen molar-refractivity contribution in [1.82, 2.24) is 10.4 Å². The van der Waals surface area contributed by atoms with Gasteiger partial charge < -0.3 is 0 Å². The van der Waals surface area contributed by atoms with E-state index in [1.165, 1.54) is 5.56 Å². The van der Waals surface area contributed by atoms with Crippen LogP contribution in [0.4, 0.5) is 0 Å². The summed E-state index contributed by atoms with van der Waals surface area (Å²) in [5, 5.41) is 0. The van der Waals surface area contributed by atoms with E-state index in [4.69, 9.17) is 5.84 Å². The Labute approximate surface area is 116 Å². The third kappa shape index (κ3) is 3.38. The van der Waals surface area contributed by atoms with Crippen molar-refractivity contribution >= 4 is 15.9 Å². The average Bonchev–Trinajstić information content (AvgIpc) is 2.38. The van der Waals surface area contributed by atoms with Gasteiger partial charge in [-0.15, -0.1) is 0 Å². The molecular formula is C14H16BrN3. The molecule has 3 N–H and O–H groups in total. The first kappa shape index (κ1) is 13.2. The van der Waals surface area contributed by atoms with E-state index in [2.05, 4.69) is 44.5 Å². The molecule has 1 aromatic heterocycles. The maximum atomic E-state index is 5.65. The highest BCUT2D eigenvalue weighted by Crippen LogP contribution is 2.19. The number of aromatic nitrogens is 1. The molecule has 0 aliphatic rings. The molecule has 0 saturated carbocycles. The summed E-state index contributed by atoms with van der Waals surface area (Å²) in [4.78, 5) is 4.20. The van der Waals surface area contributed by atoms with Crippen LogP contribution in [0.15, 0.2) is 47.1 Å². The van der Waals surface area contributed by atoms with E-state index < -0.39 is 0 Å². The second-order valence-electron chi connectivity index (χ2n) is 4.28. The SMILES string of the molecule is Cc1cc(C(Cc2ccc(Br)cc2)NN)ccn1. The summed E-state index contributed by atoms with van der Waals surface area (Å²) in [6.07, 6.45) is 2.67. The molecule has 0 bridgehead atoms. The Morgan fingerprint density at radius 3 is 2.61 bits per heavy atom. The molecule has 0 spiro atoms. The fraction of sp³-hybridized carbons (Fsp3) is 0.214. The van der Waals surface area contributed by atoms with Gasteiger partial charge in [0.1, 0.15) is 0 Å². The number of hydrogen-bond acceptors (Lipinski definition) is 3. The molecule has 2 aromatic rings. The zero-order valence-electron chi connectivity index (χ0n) is 10.2. The first-order chi connectivity index (χ1) is 8.69. The van der Waals surface area contributed by atoms with Crippen LogP contribution in [0.2, 0.25) is 0 Å². The number of nitrogens with one attached hydrogen (secondary N) is 1. The summed E-state index contributed by atoms with van der Waals surface area (Å²) in [7, 11) is 0. The van der Waals surface area contributed by atoms with Crippen LogP contribution in [0.25, 0.3) is 0 Å². The van der Waals surface area contributed by atoms with Gasteiger partial charge in [0.2, 0.25) is 0 Å². The average molecular weight is 306 g/mol. The quantitative estimate of drug-likeness (QED) is 0.674. The number of benzene rings is 1. The van der Waals surface area contributed by atoms with Crippen LogP contribution >= 0.6 is 15.9 Å². The van der Waals surface area contributed by atoms with Gasteiger partial charge in [-0.1, -0.05) is 28.1 Å². The molecule has 2 rings (SSSR count). The van der Waals surface area contributed by atoms with Crippen molar-refractivity contribution in [2.75, 3.05) is 0 Å². The van der Waals surface area contributed by atoms with E-state index >= 15 is 0 Å². The minimum Gasteiger partial charge on any atom is -0.271 e. The van der Waals surface area contributed by atoms with Gasteiger partial charge in [0.05, 0.1) is 6.04 Å². The van der Waals surface area contributed by atoms with E-state index in [1.54, 1.807) is 0 Å². The summed E-state index contributed by atoms with van der Waals surface area (Å²) >= 11 is 3.43. The predicted molar refractivity (Wildman–Crippen MR) is 76.9 cm³/mol. The molecule has 0 amide bonds. The fourth-order valence-electron chi connectivity index (χ4n) is 1.91. The lowest BCUT2D eigenvalue weighted by atomic mass is 10.00. The zero-order valence-corrected chi connectivity index (χ0v) is 11.8. The molecule has 0 aliphatic carbocycles. The monoisotopic (exact) mass is 305 g/mol. The Morgan fingerprint density at radius 1 is 1.28 bits per heavy atom. The second kappa shape index (κ2) is 6.09. The van der Waals surface area contributed by atoms with Crippen molar-refractivity contribution < 1.29 is 0 Å². The van der Waals surface area contributed by atoms with Crippen LogP contribution in [-0.4, -0.2) is 4.98 Å². The Kier molecular flexibility index (Phi) is 4.47. The van der Waals surface area contributed by atoms with E-state index in [-0.39, 0.29) is 6.04 Å². The standard InChI is InChI=1S/C14H16BrN3/c1-10-8-12(6-7-17-10)14(18-16)9-11-2-4-13(15)5-3-11/h2-8,14,18H,9,16H2,1H3. The second-order valence-corrected chi connectivity index (χ2v) is 5.20. The highest BCUT2D eigenvalue weighted by Gasteiger charge is 2.10. The van der Waals surface area contributed by atoms with Gasteiger partial charge in [0.15, 0.2) is 0 Å². The van der Waals surface area contributed by atoms with Crippen molar-refractivity contribution in [3.63, 3.8) is 0 Å². The molecule has 1 heterocycles. The number of nitrogens with two attached hydrogens (primary N) is 1. The van der Waals surface area contributed by atoms with Crippen LogP contribution in [0.5, 0.6) is 0 Å². The van der Waals surface area contributed by atoms with Gasteiger partial charge in [-0.2, -0.15) is 0 Å². The number of aryl methyl sites for hydroxylation is 1. The molecule has 0 radical (unpaired) electrons. The minimum atomic E-state index is 0.105.